The maximum atomic E-state index is 13.8. The fourth-order valence-corrected chi connectivity index (χ4v) is 20.0. The van der Waals surface area contributed by atoms with Crippen molar-refractivity contribution in [3.63, 3.8) is 0 Å². The van der Waals surface area contributed by atoms with Gasteiger partial charge in [0.2, 0.25) is 49.2 Å². The molecule has 0 unspecified atom stereocenters. The van der Waals surface area contributed by atoms with Crippen molar-refractivity contribution in [2.75, 3.05) is 0 Å². The molecule has 0 amide bonds. The second-order valence-corrected chi connectivity index (χ2v) is 50.1. The van der Waals surface area contributed by atoms with Crippen LogP contribution >= 0.6 is 0 Å². The third-order valence-corrected chi connectivity index (χ3v) is 28.9. The number of hydrogen-bond acceptors (Lipinski definition) is 21. The van der Waals surface area contributed by atoms with Gasteiger partial charge in [0.1, 0.15) is 68.4 Å². The van der Waals surface area contributed by atoms with Gasteiger partial charge in [-0.15, -0.1) is 0 Å². The molecule has 0 spiro atoms. The second kappa shape index (κ2) is 58.4. The molecular formula is C108H123O21S5W3Y7-. The Morgan fingerprint density at radius 1 is 0.194 bits per heavy atom. The van der Waals surface area contributed by atoms with Crippen LogP contribution in [-0.4, -0.2) is 102 Å². The van der Waals surface area contributed by atoms with Gasteiger partial charge in [-0.3, -0.25) is 14.4 Å². The molecule has 0 aliphatic heterocycles. The van der Waals surface area contributed by atoms with Crippen LogP contribution in [0.5, 0.6) is 46.0 Å². The molecule has 12 aromatic rings. The standard InChI is InChI=1S/C35H34O5.C32H34O8S3.2C20H26O4S.CH3.3W.7Y/c1-34(2,3)28-13-7-22(8-14-28)31(37)25-19-26(32(38)23-9-15-29(36)16-10-23)21-27(20-25)33(39)24-11-17-30(18-12-24)40-35(4,5)6;1-31(2,3)22-7-13-25(14-8-22)41(34,35)28-19-29(42(36,37)26-15-9-23(33)10-16-26)21-30(20-28)43(38,39)27-17-11-24(12-18-27)40-32(4,5)6;1-19(2,3)14-11-15(21)13-18(12-14)25(22,23)17-9-7-16(8-10-17)24-20(4,5)6;1-19(2,3)14-11-16(24-20(4,5)6)13-18(12-14)25(22,23)17-9-7-15(21)8-10-17;;;;;;;;;;;/h7-21,36H,1-6H3;7-21,33H,1-6H3;2*7-13,21H,1-6H3;1H3;;;;;;;;;;/q;;;;-1;;;;;;;;;;. The quantitative estimate of drug-likeness (QED) is 0.0407. The minimum Gasteiger partial charge on any atom is -0.508 e. The monoisotopic (exact) mass is 3090 g/mol. The summed E-state index contributed by atoms with van der Waals surface area (Å²) in [6.07, 6.45) is 0. The number of carbonyl (C=O) groups excluding carboxylic acids is 3. The Kier molecular flexibility index (Phi) is 59.1. The first kappa shape index (κ1) is 146. The first-order chi connectivity index (χ1) is 61.0. The van der Waals surface area contributed by atoms with Crippen LogP contribution in [0.1, 0.15) is 236 Å². The van der Waals surface area contributed by atoms with Gasteiger partial charge in [-0.2, -0.15) is 0 Å². The molecule has 0 heterocycles. The number of rotatable bonds is 20. The molecule has 4 N–H and O–H groups in total. The van der Waals surface area contributed by atoms with E-state index in [-0.39, 0.29) is 424 Å². The molecule has 0 aliphatic carbocycles. The van der Waals surface area contributed by atoms with Crippen LogP contribution < -0.4 is 18.9 Å². The summed E-state index contributed by atoms with van der Waals surface area (Å²) in [6.45, 7) is 47.1. The minimum atomic E-state index is -4.40. The molecule has 0 bridgehead atoms. The average Bonchev–Trinajstić information content (AvgIpc) is 0.746. The van der Waals surface area contributed by atoms with Gasteiger partial charge < -0.3 is 46.8 Å². The van der Waals surface area contributed by atoms with Crippen LogP contribution in [-0.2, 0) is 363 Å². The number of hydrogen-bond donors (Lipinski definition) is 4. The van der Waals surface area contributed by atoms with Crippen molar-refractivity contribution in [2.45, 2.75) is 259 Å². The Morgan fingerprint density at radius 3 is 0.632 bits per heavy atom. The summed E-state index contributed by atoms with van der Waals surface area (Å²) >= 11 is 0. The molecule has 12 aromatic carbocycles. The average molecular weight is 3090 g/mol. The van der Waals surface area contributed by atoms with Crippen molar-refractivity contribution in [1.82, 2.24) is 0 Å². The fourth-order valence-electron chi connectivity index (χ4n) is 13.2. The molecule has 0 aromatic heterocycles. The molecule has 21 nitrogen and oxygen atoms in total. The summed E-state index contributed by atoms with van der Waals surface area (Å²) in [5.41, 5.74) is 3.00. The van der Waals surface area contributed by atoms with E-state index in [1.165, 1.54) is 133 Å². The van der Waals surface area contributed by atoms with Gasteiger partial charge in [-0.05, 0) is 358 Å². The van der Waals surface area contributed by atoms with Gasteiger partial charge in [0, 0.05) is 326 Å². The Labute approximate surface area is 1070 Å². The number of carbonyl (C=O) groups is 3. The van der Waals surface area contributed by atoms with Crippen molar-refractivity contribution < 1.29 is 388 Å². The Morgan fingerprint density at radius 2 is 0.382 bits per heavy atom. The molecule has 12 rings (SSSR count). The van der Waals surface area contributed by atoms with Gasteiger partial charge in [0.25, 0.3) is 0 Å². The van der Waals surface area contributed by atoms with Crippen LogP contribution in [0.15, 0.2) is 316 Å². The fraction of sp³-hybridized carbons (Fsp3) is 0.296. The molecule has 7 radical (unpaired) electrons. The van der Waals surface area contributed by atoms with Gasteiger partial charge in [0.05, 0.1) is 49.0 Å². The first-order valence-corrected chi connectivity index (χ1v) is 50.3. The number of phenols is 4. The molecule has 751 valence electrons. The maximum Gasteiger partial charge on any atom is 0.206 e. The SMILES string of the molecule is CC(C)(C)Oc1cc(C(C)(C)C)cc(S(=O)(=O)c2ccc(O)cc2)c1.CC(C)(C)Oc1ccc(C(=O)c2cc(C(=O)c3ccc(O)cc3)cc(C(=O)c3ccc(C(C)(C)C)cc3)c2)cc1.CC(C)(C)Oc1ccc(S(=O)(=O)c2cc(O)cc(C(C)(C)C)c2)cc1.CC(C)(C)Oc1ccc(S(=O)(=O)c2cc(S(=O)(=O)c3ccc(O)cc3)cc(S(=O)(=O)c3ccc(C(C)(C)C)cc3)c2)cc1.[CH3-].[W].[W].[W].[Y].[Y].[Y].[Y].[Y].[Y].[Y]. The zero-order valence-electron chi connectivity index (χ0n) is 85.9. The predicted octanol–water partition coefficient (Wildman–Crippen LogP) is 23.8. The molecule has 0 saturated heterocycles. The summed E-state index contributed by atoms with van der Waals surface area (Å²) in [6, 6.07) is 65.4. The maximum absolute atomic E-state index is 13.8. The molecule has 0 aliphatic rings. The normalized spacial score (nSPS) is 11.6. The summed E-state index contributed by atoms with van der Waals surface area (Å²) in [5, 5.41) is 38.6. The van der Waals surface area contributed by atoms with E-state index in [1.807, 2.05) is 164 Å². The number of benzene rings is 12. The topological polar surface area (TPSA) is 340 Å². The molecular weight excluding hydrogens is 2970 g/mol. The Balaban J connectivity index is -0.00000184. The summed E-state index contributed by atoms with van der Waals surface area (Å²) in [4.78, 5) is 39.0. The summed E-state index contributed by atoms with van der Waals surface area (Å²) in [7, 11) is -20.6. The van der Waals surface area contributed by atoms with Crippen molar-refractivity contribution in [1.29, 1.82) is 0 Å². The Bertz CT molecular complexity index is 6900. The first-order valence-electron chi connectivity index (χ1n) is 42.8. The Hall–Kier alpha value is -2.41. The van der Waals surface area contributed by atoms with Gasteiger partial charge in [-0.25, -0.2) is 42.1 Å². The van der Waals surface area contributed by atoms with Gasteiger partial charge in [0.15, 0.2) is 17.3 Å². The second-order valence-electron chi connectivity index (χ2n) is 40.3. The van der Waals surface area contributed by atoms with E-state index in [9.17, 15) is 76.9 Å². The summed E-state index contributed by atoms with van der Waals surface area (Å²) < 4.78 is 158. The number of sulfone groups is 5. The number of aromatic hydroxyl groups is 4. The minimum absolute atomic E-state index is 0. The van der Waals surface area contributed by atoms with Crippen molar-refractivity contribution in [2.24, 2.45) is 0 Å². The van der Waals surface area contributed by atoms with E-state index in [4.69, 9.17) is 18.9 Å². The van der Waals surface area contributed by atoms with Crippen LogP contribution in [0, 0.1) is 7.43 Å². The van der Waals surface area contributed by atoms with E-state index in [0.717, 1.165) is 52.6 Å². The van der Waals surface area contributed by atoms with E-state index in [2.05, 4.69) is 20.8 Å². The molecule has 36 heteroatoms. The zero-order valence-corrected chi connectivity index (χ0v) is 119. The third kappa shape index (κ3) is 41.7. The van der Waals surface area contributed by atoms with E-state index in [0.29, 0.717) is 39.7 Å². The third-order valence-electron chi connectivity index (χ3n) is 20.2. The van der Waals surface area contributed by atoms with E-state index >= 15 is 0 Å². The van der Waals surface area contributed by atoms with E-state index < -0.39 is 75.1 Å². The van der Waals surface area contributed by atoms with Crippen LogP contribution in [0.2, 0.25) is 0 Å². The number of ether oxygens (including phenoxy) is 4. The molecule has 0 saturated carbocycles. The molecule has 0 fully saturated rings. The van der Waals surface area contributed by atoms with Gasteiger partial charge >= 0.3 is 0 Å². The smallest absolute Gasteiger partial charge is 0.206 e. The number of ketones is 3. The molecule has 0 atom stereocenters. The number of phenolic OH excluding ortho intramolecular Hbond substituents is 4. The molecule has 144 heavy (non-hydrogen) atoms. The van der Waals surface area contributed by atoms with Crippen LogP contribution in [0.3, 0.4) is 0 Å². The van der Waals surface area contributed by atoms with Crippen molar-refractivity contribution in [3.8, 4) is 46.0 Å². The zero-order chi connectivity index (χ0) is 99.3. The largest absolute Gasteiger partial charge is 0.508 e. The van der Waals surface area contributed by atoms with Gasteiger partial charge in [-0.1, -0.05) is 119 Å². The van der Waals surface area contributed by atoms with Crippen molar-refractivity contribution in [3.05, 3.63) is 330 Å². The predicted molar refractivity (Wildman–Crippen MR) is 524 cm³/mol. The van der Waals surface area contributed by atoms with Crippen LogP contribution in [0.4, 0.5) is 0 Å². The summed E-state index contributed by atoms with van der Waals surface area (Å²) in [5.74, 6) is 1.06. The van der Waals surface area contributed by atoms with Crippen molar-refractivity contribution >= 4 is 66.5 Å². The van der Waals surface area contributed by atoms with Crippen LogP contribution in [0.25, 0.3) is 0 Å². The van der Waals surface area contributed by atoms with E-state index in [1.54, 1.807) is 84.9 Å².